The lowest BCUT2D eigenvalue weighted by Gasteiger charge is -2.34. The highest BCUT2D eigenvalue weighted by atomic mass is 19.4. The van der Waals surface area contributed by atoms with E-state index in [4.69, 9.17) is 9.15 Å². The fraction of sp³-hybridized carbons (Fsp3) is 0.333. The predicted octanol–water partition coefficient (Wildman–Crippen LogP) is 4.95. The molecule has 0 saturated carbocycles. The van der Waals surface area contributed by atoms with Crippen molar-refractivity contribution in [3.05, 3.63) is 98.3 Å². The number of carbonyl (C=O) groups is 1. The lowest BCUT2D eigenvalue weighted by molar-refractivity contribution is -0.140. The summed E-state index contributed by atoms with van der Waals surface area (Å²) in [5.41, 5.74) is 1.16. The maximum absolute atomic E-state index is 13.5. The molecule has 0 unspecified atom stereocenters. The summed E-state index contributed by atoms with van der Waals surface area (Å²) < 4.78 is 63.7. The van der Waals surface area contributed by atoms with Crippen LogP contribution in [0.3, 0.4) is 0 Å². The third-order valence-electron chi connectivity index (χ3n) is 6.09. The number of piperazine rings is 1. The number of amides is 1. The molecule has 10 heteroatoms. The topological polar surface area (TPSA) is 63.0 Å². The molecule has 1 saturated heterocycles. The molecule has 1 aromatic heterocycles. The Hall–Kier alpha value is -3.66. The molecule has 2 heterocycles. The Balaban J connectivity index is 1.32. The second kappa shape index (κ2) is 10.8. The Labute approximate surface area is 211 Å². The molecule has 1 amide bonds. The van der Waals surface area contributed by atoms with E-state index in [2.05, 4.69) is 6.07 Å². The molecule has 1 fully saturated rings. The molecule has 6 nitrogen and oxygen atoms in total. The Morgan fingerprint density at radius 2 is 1.68 bits per heavy atom. The van der Waals surface area contributed by atoms with Crippen LogP contribution in [-0.2, 0) is 19.3 Å². The monoisotopic (exact) mass is 518 g/mol. The second-order valence-corrected chi connectivity index (χ2v) is 9.12. The number of hydrogen-bond donors (Lipinski definition) is 0. The summed E-state index contributed by atoms with van der Waals surface area (Å²) >= 11 is 0. The zero-order chi connectivity index (χ0) is 26.7. The molecule has 1 aliphatic heterocycles. The van der Waals surface area contributed by atoms with Crippen molar-refractivity contribution in [3.8, 4) is 5.75 Å². The lowest BCUT2D eigenvalue weighted by atomic mass is 10.1. The van der Waals surface area contributed by atoms with Crippen molar-refractivity contribution in [1.82, 2.24) is 9.80 Å². The molecule has 196 valence electrons. The number of benzene rings is 2. The van der Waals surface area contributed by atoms with Gasteiger partial charge >= 0.3 is 6.18 Å². The third-order valence-corrected chi connectivity index (χ3v) is 6.09. The van der Waals surface area contributed by atoms with Crippen molar-refractivity contribution >= 4 is 5.91 Å². The number of ether oxygens (including phenoxy) is 1. The van der Waals surface area contributed by atoms with Gasteiger partial charge in [0.15, 0.2) is 0 Å². The van der Waals surface area contributed by atoms with Gasteiger partial charge in [-0.25, -0.2) is 4.39 Å². The van der Waals surface area contributed by atoms with Crippen molar-refractivity contribution < 1.29 is 31.5 Å². The van der Waals surface area contributed by atoms with Gasteiger partial charge in [0.2, 0.25) is 11.2 Å². The molecule has 1 aliphatic rings. The van der Waals surface area contributed by atoms with E-state index >= 15 is 0 Å². The second-order valence-electron chi connectivity index (χ2n) is 9.12. The van der Waals surface area contributed by atoms with Crippen LogP contribution in [0.25, 0.3) is 0 Å². The molecule has 0 spiro atoms. The SMILES string of the molecule is Cc1cc(C)cc(COc2coc(CN3CCN(C(=O)c4ccc(F)c(C(F)(F)F)c4)CC3)cc2=O)c1. The van der Waals surface area contributed by atoms with E-state index in [-0.39, 0.29) is 36.4 Å². The number of rotatable bonds is 6. The molecule has 0 bridgehead atoms. The lowest BCUT2D eigenvalue weighted by Crippen LogP contribution is -2.48. The predicted molar refractivity (Wildman–Crippen MR) is 128 cm³/mol. The number of halogens is 4. The van der Waals surface area contributed by atoms with Crippen molar-refractivity contribution in [2.45, 2.75) is 33.2 Å². The quantitative estimate of drug-likeness (QED) is 0.432. The Morgan fingerprint density at radius 1 is 1.00 bits per heavy atom. The van der Waals surface area contributed by atoms with Gasteiger partial charge in [-0.1, -0.05) is 29.3 Å². The van der Waals surface area contributed by atoms with Gasteiger partial charge in [-0.05, 0) is 37.6 Å². The molecule has 3 aromatic rings. The summed E-state index contributed by atoms with van der Waals surface area (Å²) in [6, 6.07) is 9.64. The first-order valence-electron chi connectivity index (χ1n) is 11.7. The van der Waals surface area contributed by atoms with Crippen molar-refractivity contribution in [1.29, 1.82) is 0 Å². The van der Waals surface area contributed by atoms with Gasteiger partial charge in [0.25, 0.3) is 5.91 Å². The maximum Gasteiger partial charge on any atom is 0.419 e. The van der Waals surface area contributed by atoms with Crippen molar-refractivity contribution in [2.24, 2.45) is 0 Å². The van der Waals surface area contributed by atoms with Gasteiger partial charge in [-0.2, -0.15) is 13.2 Å². The minimum Gasteiger partial charge on any atom is -0.482 e. The number of nitrogens with zero attached hydrogens (tertiary/aromatic N) is 2. The molecule has 2 aromatic carbocycles. The molecule has 0 aliphatic carbocycles. The molecule has 0 radical (unpaired) electrons. The Kier molecular flexibility index (Phi) is 7.68. The highest BCUT2D eigenvalue weighted by Gasteiger charge is 2.35. The Bertz CT molecular complexity index is 1320. The smallest absolute Gasteiger partial charge is 0.419 e. The molecular weight excluding hydrogens is 492 g/mol. The minimum absolute atomic E-state index is 0.107. The summed E-state index contributed by atoms with van der Waals surface area (Å²) in [5, 5.41) is 0. The molecule has 37 heavy (non-hydrogen) atoms. The number of carbonyl (C=O) groups excluding carboxylic acids is 1. The van der Waals surface area contributed by atoms with Crippen LogP contribution >= 0.6 is 0 Å². The van der Waals surface area contributed by atoms with Crippen LogP contribution in [0.5, 0.6) is 5.75 Å². The summed E-state index contributed by atoms with van der Waals surface area (Å²) in [6.07, 6.45) is -3.60. The largest absolute Gasteiger partial charge is 0.482 e. The first kappa shape index (κ1) is 26.4. The molecular formula is C27H26F4N2O4. The van der Waals surface area contributed by atoms with Crippen molar-refractivity contribution in [2.75, 3.05) is 26.2 Å². The van der Waals surface area contributed by atoms with E-state index in [1.807, 2.05) is 30.9 Å². The van der Waals surface area contributed by atoms with E-state index in [1.165, 1.54) is 17.2 Å². The standard InChI is InChI=1S/C27H26F4N2O4/c1-17-9-18(2)11-19(10-17)15-37-25-16-36-21(13-24(25)34)14-32-5-7-33(8-6-32)26(35)20-3-4-23(28)22(12-20)27(29,30)31/h3-4,9-13,16H,5-8,14-15H2,1-2H3. The highest BCUT2D eigenvalue weighted by Crippen LogP contribution is 2.32. The molecule has 0 atom stereocenters. The molecule has 0 N–H and O–H groups in total. The fourth-order valence-corrected chi connectivity index (χ4v) is 4.33. The number of aryl methyl sites for hydroxylation is 2. The first-order chi connectivity index (χ1) is 17.5. The van der Waals surface area contributed by atoms with Gasteiger partial charge in [-0.15, -0.1) is 0 Å². The van der Waals surface area contributed by atoms with E-state index in [9.17, 15) is 27.2 Å². The minimum atomic E-state index is -4.89. The third kappa shape index (κ3) is 6.56. The van der Waals surface area contributed by atoms with Gasteiger partial charge in [-0.3, -0.25) is 14.5 Å². The van der Waals surface area contributed by atoms with E-state index in [1.54, 1.807) is 0 Å². The van der Waals surface area contributed by atoms with E-state index in [0.717, 1.165) is 22.8 Å². The zero-order valence-corrected chi connectivity index (χ0v) is 20.4. The van der Waals surface area contributed by atoms with Crippen LogP contribution in [-0.4, -0.2) is 41.9 Å². The average molecular weight is 519 g/mol. The summed E-state index contributed by atoms with van der Waals surface area (Å²) in [6.45, 7) is 5.91. The van der Waals surface area contributed by atoms with Crippen LogP contribution in [0.1, 0.15) is 38.4 Å². The van der Waals surface area contributed by atoms with Gasteiger partial charge in [0.05, 0.1) is 12.1 Å². The summed E-state index contributed by atoms with van der Waals surface area (Å²) in [7, 11) is 0. The van der Waals surface area contributed by atoms with Crippen LogP contribution in [0.15, 0.2) is 57.9 Å². The summed E-state index contributed by atoms with van der Waals surface area (Å²) in [5.74, 6) is -1.48. The van der Waals surface area contributed by atoms with Crippen LogP contribution in [0.2, 0.25) is 0 Å². The average Bonchev–Trinajstić information content (AvgIpc) is 2.82. The van der Waals surface area contributed by atoms with E-state index < -0.39 is 23.5 Å². The fourth-order valence-electron chi connectivity index (χ4n) is 4.33. The van der Waals surface area contributed by atoms with E-state index in [0.29, 0.717) is 37.5 Å². The Morgan fingerprint density at radius 3 is 2.30 bits per heavy atom. The van der Waals surface area contributed by atoms with Gasteiger partial charge in [0.1, 0.15) is 24.4 Å². The first-order valence-corrected chi connectivity index (χ1v) is 11.7. The molecule has 4 rings (SSSR count). The van der Waals surface area contributed by atoms with Crippen LogP contribution < -0.4 is 10.2 Å². The highest BCUT2D eigenvalue weighted by molar-refractivity contribution is 5.94. The normalized spacial score (nSPS) is 14.6. The zero-order valence-electron chi connectivity index (χ0n) is 20.4. The van der Waals surface area contributed by atoms with Gasteiger partial charge in [0, 0.05) is 37.8 Å². The maximum atomic E-state index is 13.5. The van der Waals surface area contributed by atoms with Crippen molar-refractivity contribution in [3.63, 3.8) is 0 Å². The van der Waals surface area contributed by atoms with Crippen LogP contribution in [0, 0.1) is 19.7 Å². The van der Waals surface area contributed by atoms with Gasteiger partial charge < -0.3 is 14.1 Å². The number of alkyl halides is 3. The van der Waals surface area contributed by atoms with Crippen LogP contribution in [0.4, 0.5) is 17.6 Å². The summed E-state index contributed by atoms with van der Waals surface area (Å²) in [4.78, 5) is 28.6. The number of hydrogen-bond acceptors (Lipinski definition) is 5.